The maximum atomic E-state index is 12.3. The lowest BCUT2D eigenvalue weighted by Crippen LogP contribution is -2.51. The van der Waals surface area contributed by atoms with Crippen LogP contribution in [0.2, 0.25) is 0 Å². The SMILES string of the molecule is O=C(O)c1ccc2c(c1)N[C@H]1CCCCN1C2=O. The van der Waals surface area contributed by atoms with Gasteiger partial charge in [0.2, 0.25) is 0 Å². The fourth-order valence-electron chi connectivity index (χ4n) is 2.64. The fraction of sp³-hybridized carbons (Fsp3) is 0.385. The minimum atomic E-state index is -0.974. The van der Waals surface area contributed by atoms with Crippen molar-refractivity contribution >= 4 is 17.6 Å². The second-order valence-electron chi connectivity index (χ2n) is 4.72. The lowest BCUT2D eigenvalue weighted by molar-refractivity contribution is 0.0624. The first kappa shape index (κ1) is 11.1. The summed E-state index contributed by atoms with van der Waals surface area (Å²) in [6.45, 7) is 0.774. The summed E-state index contributed by atoms with van der Waals surface area (Å²) in [5, 5.41) is 12.2. The summed E-state index contributed by atoms with van der Waals surface area (Å²) in [6.07, 6.45) is 3.06. The van der Waals surface area contributed by atoms with Crippen LogP contribution in [-0.2, 0) is 0 Å². The molecule has 1 amide bonds. The molecule has 0 saturated carbocycles. The van der Waals surface area contributed by atoms with Gasteiger partial charge in [0, 0.05) is 12.2 Å². The molecule has 0 aliphatic carbocycles. The summed E-state index contributed by atoms with van der Waals surface area (Å²) in [7, 11) is 0. The van der Waals surface area contributed by atoms with E-state index in [-0.39, 0.29) is 17.6 Å². The van der Waals surface area contributed by atoms with Crippen molar-refractivity contribution in [3.8, 4) is 0 Å². The number of anilines is 1. The van der Waals surface area contributed by atoms with Crippen LogP contribution in [-0.4, -0.2) is 34.6 Å². The van der Waals surface area contributed by atoms with Gasteiger partial charge in [-0.2, -0.15) is 0 Å². The van der Waals surface area contributed by atoms with Gasteiger partial charge in [-0.25, -0.2) is 4.79 Å². The number of fused-ring (bicyclic) bond motifs is 2. The number of nitrogens with one attached hydrogen (secondary N) is 1. The van der Waals surface area contributed by atoms with Gasteiger partial charge in [-0.3, -0.25) is 4.79 Å². The first-order valence-corrected chi connectivity index (χ1v) is 6.11. The number of amides is 1. The summed E-state index contributed by atoms with van der Waals surface area (Å²) in [4.78, 5) is 25.0. The number of carbonyl (C=O) groups is 2. The maximum absolute atomic E-state index is 12.3. The summed E-state index contributed by atoms with van der Waals surface area (Å²) < 4.78 is 0. The summed E-state index contributed by atoms with van der Waals surface area (Å²) >= 11 is 0. The topological polar surface area (TPSA) is 69.6 Å². The van der Waals surface area contributed by atoms with E-state index in [1.165, 1.54) is 6.07 Å². The van der Waals surface area contributed by atoms with E-state index in [0.29, 0.717) is 11.3 Å². The molecule has 2 aliphatic heterocycles. The number of carbonyl (C=O) groups excluding carboxylic acids is 1. The summed E-state index contributed by atoms with van der Waals surface area (Å²) in [5.41, 5.74) is 1.42. The van der Waals surface area contributed by atoms with Gasteiger partial charge in [0.05, 0.1) is 11.1 Å². The van der Waals surface area contributed by atoms with E-state index >= 15 is 0 Å². The Morgan fingerprint density at radius 3 is 3.00 bits per heavy atom. The van der Waals surface area contributed by atoms with Gasteiger partial charge in [-0.1, -0.05) is 0 Å². The zero-order valence-corrected chi connectivity index (χ0v) is 9.85. The lowest BCUT2D eigenvalue weighted by Gasteiger charge is -2.40. The normalized spacial score (nSPS) is 21.9. The van der Waals surface area contributed by atoms with Crippen molar-refractivity contribution in [3.05, 3.63) is 29.3 Å². The van der Waals surface area contributed by atoms with Crippen molar-refractivity contribution in [2.24, 2.45) is 0 Å². The molecular formula is C13H14N2O3. The molecular weight excluding hydrogens is 232 g/mol. The number of nitrogens with zero attached hydrogens (tertiary/aromatic N) is 1. The summed E-state index contributed by atoms with van der Waals surface area (Å²) in [5.74, 6) is -0.969. The Morgan fingerprint density at radius 1 is 1.39 bits per heavy atom. The second-order valence-corrected chi connectivity index (χ2v) is 4.72. The molecule has 2 N–H and O–H groups in total. The Balaban J connectivity index is 2.01. The molecule has 2 aliphatic rings. The van der Waals surface area contributed by atoms with Crippen molar-refractivity contribution in [2.45, 2.75) is 25.4 Å². The molecule has 0 bridgehead atoms. The molecule has 94 valence electrons. The van der Waals surface area contributed by atoms with Gasteiger partial charge in [0.25, 0.3) is 5.91 Å². The van der Waals surface area contributed by atoms with E-state index in [1.807, 2.05) is 4.90 Å². The van der Waals surface area contributed by atoms with E-state index in [1.54, 1.807) is 12.1 Å². The number of piperidine rings is 1. The van der Waals surface area contributed by atoms with E-state index in [0.717, 1.165) is 25.8 Å². The molecule has 1 fully saturated rings. The van der Waals surface area contributed by atoms with Gasteiger partial charge < -0.3 is 15.3 Å². The molecule has 2 heterocycles. The second kappa shape index (κ2) is 4.01. The largest absolute Gasteiger partial charge is 0.478 e. The molecule has 0 unspecified atom stereocenters. The fourth-order valence-corrected chi connectivity index (χ4v) is 2.64. The highest BCUT2D eigenvalue weighted by atomic mass is 16.4. The molecule has 0 aromatic heterocycles. The third kappa shape index (κ3) is 1.63. The van der Waals surface area contributed by atoms with Crippen LogP contribution >= 0.6 is 0 Å². The smallest absolute Gasteiger partial charge is 0.335 e. The lowest BCUT2D eigenvalue weighted by atomic mass is 9.99. The average molecular weight is 246 g/mol. The Labute approximate surface area is 104 Å². The van der Waals surface area contributed by atoms with Crippen LogP contribution in [0.25, 0.3) is 0 Å². The number of carboxylic acids is 1. The number of hydrogen-bond acceptors (Lipinski definition) is 3. The van der Waals surface area contributed by atoms with Gasteiger partial charge in [0.15, 0.2) is 0 Å². The van der Waals surface area contributed by atoms with Crippen molar-refractivity contribution in [1.29, 1.82) is 0 Å². The van der Waals surface area contributed by atoms with E-state index in [4.69, 9.17) is 5.11 Å². The number of carboxylic acid groups (broad SMARTS) is 1. The van der Waals surface area contributed by atoms with Crippen LogP contribution in [0.4, 0.5) is 5.69 Å². The van der Waals surface area contributed by atoms with Crippen molar-refractivity contribution in [2.75, 3.05) is 11.9 Å². The molecule has 1 aromatic rings. The Bertz CT molecular complexity index is 527. The van der Waals surface area contributed by atoms with E-state index in [9.17, 15) is 9.59 Å². The predicted octanol–water partition coefficient (Wildman–Crippen LogP) is 1.76. The zero-order chi connectivity index (χ0) is 12.7. The first-order valence-electron chi connectivity index (χ1n) is 6.11. The van der Waals surface area contributed by atoms with Crippen molar-refractivity contribution in [3.63, 3.8) is 0 Å². The number of hydrogen-bond donors (Lipinski definition) is 2. The van der Waals surface area contributed by atoms with Crippen LogP contribution < -0.4 is 5.32 Å². The molecule has 1 saturated heterocycles. The molecule has 3 rings (SSSR count). The van der Waals surface area contributed by atoms with Crippen molar-refractivity contribution < 1.29 is 14.7 Å². The van der Waals surface area contributed by atoms with Crippen LogP contribution in [0.15, 0.2) is 18.2 Å². The molecule has 0 spiro atoms. The molecule has 1 atom stereocenters. The molecule has 5 heteroatoms. The predicted molar refractivity (Wildman–Crippen MR) is 65.7 cm³/mol. The zero-order valence-electron chi connectivity index (χ0n) is 9.85. The Kier molecular flexibility index (Phi) is 2.47. The number of benzene rings is 1. The van der Waals surface area contributed by atoms with Crippen molar-refractivity contribution in [1.82, 2.24) is 4.90 Å². The van der Waals surface area contributed by atoms with Crippen LogP contribution in [0.5, 0.6) is 0 Å². The highest BCUT2D eigenvalue weighted by molar-refractivity contribution is 6.03. The Hall–Kier alpha value is -2.04. The first-order chi connectivity index (χ1) is 8.66. The van der Waals surface area contributed by atoms with Crippen LogP contribution in [0.1, 0.15) is 40.0 Å². The average Bonchev–Trinajstić information content (AvgIpc) is 2.38. The van der Waals surface area contributed by atoms with Crippen LogP contribution in [0, 0.1) is 0 Å². The van der Waals surface area contributed by atoms with Gasteiger partial charge in [-0.15, -0.1) is 0 Å². The maximum Gasteiger partial charge on any atom is 0.335 e. The quantitative estimate of drug-likeness (QED) is 0.792. The highest BCUT2D eigenvalue weighted by Crippen LogP contribution is 2.30. The number of rotatable bonds is 1. The standard InChI is InChI=1S/C13H14N2O3/c16-12-9-5-4-8(13(17)18)7-10(9)14-11-3-1-2-6-15(11)12/h4-5,7,11,14H,1-3,6H2,(H,17,18)/t11-/m1/s1. The van der Waals surface area contributed by atoms with Crippen LogP contribution in [0.3, 0.4) is 0 Å². The third-order valence-electron chi connectivity index (χ3n) is 3.58. The minimum absolute atomic E-state index is 0.00499. The van der Waals surface area contributed by atoms with Gasteiger partial charge in [0.1, 0.15) is 6.17 Å². The van der Waals surface area contributed by atoms with Gasteiger partial charge in [-0.05, 0) is 37.5 Å². The van der Waals surface area contributed by atoms with E-state index in [2.05, 4.69) is 5.32 Å². The monoisotopic (exact) mass is 246 g/mol. The number of aromatic carboxylic acids is 1. The third-order valence-corrected chi connectivity index (χ3v) is 3.58. The molecule has 18 heavy (non-hydrogen) atoms. The molecule has 0 radical (unpaired) electrons. The van der Waals surface area contributed by atoms with E-state index < -0.39 is 5.97 Å². The highest BCUT2D eigenvalue weighted by Gasteiger charge is 2.33. The van der Waals surface area contributed by atoms with Gasteiger partial charge >= 0.3 is 5.97 Å². The summed E-state index contributed by atoms with van der Waals surface area (Å²) in [6, 6.07) is 4.62. The Morgan fingerprint density at radius 2 is 2.22 bits per heavy atom. The molecule has 5 nitrogen and oxygen atoms in total. The minimum Gasteiger partial charge on any atom is -0.478 e. The molecule has 1 aromatic carbocycles.